The summed E-state index contributed by atoms with van der Waals surface area (Å²) in [6.07, 6.45) is 13.0. The molecule has 0 bridgehead atoms. The lowest BCUT2D eigenvalue weighted by Gasteiger charge is -2.46. The van der Waals surface area contributed by atoms with Crippen LogP contribution in [-0.2, 0) is 4.79 Å². The highest BCUT2D eigenvalue weighted by atomic mass is 16.1. The number of hydrogen-bond donors (Lipinski definition) is 0. The fourth-order valence-electron chi connectivity index (χ4n) is 5.37. The first-order chi connectivity index (χ1) is 11.1. The van der Waals surface area contributed by atoms with Gasteiger partial charge in [-0.05, 0) is 55.1 Å². The van der Waals surface area contributed by atoms with Crippen molar-refractivity contribution >= 4 is 5.78 Å². The maximum absolute atomic E-state index is 11.8. The molecule has 0 spiro atoms. The molecule has 0 aromatic carbocycles. The van der Waals surface area contributed by atoms with E-state index in [2.05, 4.69) is 37.8 Å². The van der Waals surface area contributed by atoms with Crippen LogP contribution in [-0.4, -0.2) is 5.78 Å². The fraction of sp³-hybridized carbons (Fsp3) is 0.591. The van der Waals surface area contributed by atoms with Gasteiger partial charge in [0.1, 0.15) is 5.78 Å². The first-order valence-electron chi connectivity index (χ1n) is 9.26. The third-order valence-electron chi connectivity index (χ3n) is 6.64. The molecule has 0 aliphatic heterocycles. The second-order valence-electron chi connectivity index (χ2n) is 7.84. The summed E-state index contributed by atoms with van der Waals surface area (Å²) in [4.78, 5) is 11.8. The third kappa shape index (κ3) is 2.26. The van der Waals surface area contributed by atoms with Crippen molar-refractivity contribution in [1.29, 1.82) is 0 Å². The molecule has 23 heavy (non-hydrogen) atoms. The van der Waals surface area contributed by atoms with Gasteiger partial charge in [-0.2, -0.15) is 0 Å². The summed E-state index contributed by atoms with van der Waals surface area (Å²) in [7, 11) is 0. The van der Waals surface area contributed by atoms with Gasteiger partial charge < -0.3 is 0 Å². The number of rotatable bonds is 0. The number of ketones is 1. The van der Waals surface area contributed by atoms with Gasteiger partial charge in [0.2, 0.25) is 0 Å². The molecule has 0 N–H and O–H groups in total. The highest BCUT2D eigenvalue weighted by molar-refractivity contribution is 5.83. The molecule has 0 aromatic rings. The Balaban J connectivity index is 1.68. The highest BCUT2D eigenvalue weighted by Gasteiger charge is 2.49. The van der Waals surface area contributed by atoms with Crippen LogP contribution in [0.3, 0.4) is 0 Å². The first-order valence-corrected chi connectivity index (χ1v) is 9.26. The number of carbonyl (C=O) groups excluding carboxylic acids is 1. The van der Waals surface area contributed by atoms with Crippen LogP contribution in [0.2, 0.25) is 0 Å². The maximum atomic E-state index is 11.8. The molecule has 0 saturated carbocycles. The van der Waals surface area contributed by atoms with Crippen molar-refractivity contribution < 1.29 is 4.79 Å². The Labute approximate surface area is 139 Å². The quantitative estimate of drug-likeness (QED) is 0.566. The van der Waals surface area contributed by atoms with Crippen molar-refractivity contribution in [2.24, 2.45) is 17.3 Å². The summed E-state index contributed by atoms with van der Waals surface area (Å²) in [6.45, 7) is 4.56. The predicted octanol–water partition coefficient (Wildman–Crippen LogP) is 5.14. The van der Waals surface area contributed by atoms with E-state index in [0.29, 0.717) is 11.7 Å². The van der Waals surface area contributed by atoms with Gasteiger partial charge in [0.15, 0.2) is 0 Å². The lowest BCUT2D eigenvalue weighted by Crippen LogP contribution is -2.37. The van der Waals surface area contributed by atoms with E-state index in [-0.39, 0.29) is 5.41 Å². The van der Waals surface area contributed by atoms with Crippen LogP contribution >= 0.6 is 0 Å². The lowest BCUT2D eigenvalue weighted by atomic mass is 9.57. The van der Waals surface area contributed by atoms with E-state index in [9.17, 15) is 4.79 Å². The van der Waals surface area contributed by atoms with Crippen LogP contribution in [0.15, 0.2) is 34.4 Å². The molecule has 0 radical (unpaired) electrons. The van der Waals surface area contributed by atoms with Crippen LogP contribution < -0.4 is 0 Å². The third-order valence-corrected chi connectivity index (χ3v) is 6.64. The molecule has 3 atom stereocenters. The summed E-state index contributed by atoms with van der Waals surface area (Å²) in [5, 5.41) is 0. The Kier molecular flexibility index (Phi) is 3.60. The molecular formula is C22H26O. The van der Waals surface area contributed by atoms with Gasteiger partial charge in [-0.3, -0.25) is 4.79 Å². The van der Waals surface area contributed by atoms with Gasteiger partial charge in [0, 0.05) is 30.3 Å². The van der Waals surface area contributed by atoms with Crippen molar-refractivity contribution in [2.75, 3.05) is 0 Å². The van der Waals surface area contributed by atoms with Gasteiger partial charge in [0.25, 0.3) is 0 Å². The fourth-order valence-corrected chi connectivity index (χ4v) is 5.37. The van der Waals surface area contributed by atoms with Crippen LogP contribution in [0.4, 0.5) is 0 Å². The largest absolute Gasteiger partial charge is 0.299 e. The normalized spacial score (nSPS) is 35.5. The number of Topliss-reactive ketones (excluding diaryl/α,β-unsaturated/α-hetero) is 1. The SMILES string of the molecule is CCC#CC1=CCC2C3CCC4=C(CCC(=O)C4)C3=CC[C@]12C. The van der Waals surface area contributed by atoms with Crippen molar-refractivity contribution in [2.45, 2.75) is 65.2 Å². The number of allylic oxidation sites excluding steroid dienone is 6. The lowest BCUT2D eigenvalue weighted by molar-refractivity contribution is -0.118. The van der Waals surface area contributed by atoms with Crippen LogP contribution in [0.25, 0.3) is 0 Å². The number of carbonyl (C=O) groups is 1. The molecule has 120 valence electrons. The van der Waals surface area contributed by atoms with Crippen molar-refractivity contribution in [3.63, 3.8) is 0 Å². The van der Waals surface area contributed by atoms with Crippen molar-refractivity contribution in [3.8, 4) is 11.8 Å². The predicted molar refractivity (Wildman–Crippen MR) is 93.7 cm³/mol. The Bertz CT molecular complexity index is 706. The van der Waals surface area contributed by atoms with E-state index >= 15 is 0 Å². The molecule has 2 unspecified atom stereocenters. The first kappa shape index (κ1) is 15.0. The van der Waals surface area contributed by atoms with Gasteiger partial charge in [0.05, 0.1) is 0 Å². The van der Waals surface area contributed by atoms with Gasteiger partial charge in [-0.1, -0.05) is 43.4 Å². The van der Waals surface area contributed by atoms with Gasteiger partial charge in [-0.15, -0.1) is 0 Å². The number of hydrogen-bond acceptors (Lipinski definition) is 1. The molecular weight excluding hydrogens is 280 g/mol. The van der Waals surface area contributed by atoms with E-state index in [1.807, 2.05) is 0 Å². The zero-order chi connectivity index (χ0) is 16.0. The zero-order valence-electron chi connectivity index (χ0n) is 14.4. The Hall–Kier alpha value is -1.55. The molecule has 4 aliphatic rings. The minimum absolute atomic E-state index is 0.249. The smallest absolute Gasteiger partial charge is 0.137 e. The second-order valence-corrected chi connectivity index (χ2v) is 7.84. The molecule has 1 heteroatoms. The van der Waals surface area contributed by atoms with E-state index in [4.69, 9.17) is 0 Å². The molecule has 0 fully saturated rings. The highest BCUT2D eigenvalue weighted by Crippen LogP contribution is 2.58. The summed E-state index contributed by atoms with van der Waals surface area (Å²) >= 11 is 0. The molecule has 4 rings (SSSR count). The zero-order valence-corrected chi connectivity index (χ0v) is 14.4. The topological polar surface area (TPSA) is 17.1 Å². The van der Waals surface area contributed by atoms with Crippen LogP contribution in [0.1, 0.15) is 65.2 Å². The van der Waals surface area contributed by atoms with E-state index in [1.165, 1.54) is 24.0 Å². The van der Waals surface area contributed by atoms with Crippen LogP contribution in [0.5, 0.6) is 0 Å². The van der Waals surface area contributed by atoms with Crippen LogP contribution in [0, 0.1) is 29.1 Å². The monoisotopic (exact) mass is 306 g/mol. The molecule has 0 aromatic heterocycles. The molecule has 0 saturated heterocycles. The maximum Gasteiger partial charge on any atom is 0.137 e. The number of fused-ring (bicyclic) bond motifs is 4. The van der Waals surface area contributed by atoms with E-state index in [0.717, 1.165) is 44.4 Å². The Morgan fingerprint density at radius 3 is 2.96 bits per heavy atom. The molecule has 4 aliphatic carbocycles. The standard InChI is InChI=1S/C22H26O/c1-3-4-5-16-7-11-21-20-9-6-15-14-17(23)8-10-18(15)19(20)12-13-22(16,21)2/h7,12,20-21H,3,6,8-11,13-14H2,1-2H3/t20?,21?,22-/m1/s1. The Morgan fingerprint density at radius 2 is 2.13 bits per heavy atom. The molecule has 0 heterocycles. The minimum Gasteiger partial charge on any atom is -0.299 e. The van der Waals surface area contributed by atoms with Crippen molar-refractivity contribution in [3.05, 3.63) is 34.4 Å². The second kappa shape index (κ2) is 5.52. The average molecular weight is 306 g/mol. The average Bonchev–Trinajstić information content (AvgIpc) is 2.89. The Morgan fingerprint density at radius 1 is 1.26 bits per heavy atom. The minimum atomic E-state index is 0.249. The summed E-state index contributed by atoms with van der Waals surface area (Å²) < 4.78 is 0. The van der Waals surface area contributed by atoms with Gasteiger partial charge in [-0.25, -0.2) is 0 Å². The molecule has 0 amide bonds. The summed E-state index contributed by atoms with van der Waals surface area (Å²) in [6, 6.07) is 0. The van der Waals surface area contributed by atoms with E-state index in [1.54, 1.807) is 11.1 Å². The molecule has 1 nitrogen and oxygen atoms in total. The van der Waals surface area contributed by atoms with Gasteiger partial charge >= 0.3 is 0 Å². The summed E-state index contributed by atoms with van der Waals surface area (Å²) in [5.74, 6) is 8.60. The summed E-state index contributed by atoms with van der Waals surface area (Å²) in [5.41, 5.74) is 6.27. The van der Waals surface area contributed by atoms with Crippen molar-refractivity contribution in [1.82, 2.24) is 0 Å². The van der Waals surface area contributed by atoms with E-state index < -0.39 is 0 Å².